The van der Waals surface area contributed by atoms with Crippen molar-refractivity contribution >= 4 is 23.6 Å². The zero-order chi connectivity index (χ0) is 22.7. The summed E-state index contributed by atoms with van der Waals surface area (Å²) in [6, 6.07) is 0. The van der Waals surface area contributed by atoms with Gasteiger partial charge in [-0.1, -0.05) is 96.8 Å². The van der Waals surface area contributed by atoms with Crippen molar-refractivity contribution in [1.82, 2.24) is 5.32 Å². The quantitative estimate of drug-likeness (QED) is 0.184. The standard InChI is InChI=1S/C25H49NO3S/c1-5-6-7-8-9-10-11-12-13-14-15-16-17-18-19-22(20-23(27)28)24(29)26-21-25(2,3)30-4/h22H,5-21H2,1-4H3,(H,26,29)(H,27,28). The SMILES string of the molecule is CCCCCCCCCCCCCCCCC(CC(=O)O)C(=O)NCC(C)(C)SC. The van der Waals surface area contributed by atoms with Crippen LogP contribution >= 0.6 is 11.8 Å². The molecule has 2 N–H and O–H groups in total. The molecular formula is C25H49NO3S. The first-order chi connectivity index (χ1) is 14.3. The van der Waals surface area contributed by atoms with E-state index in [1.807, 2.05) is 6.26 Å². The Bertz CT molecular complexity index is 440. The van der Waals surface area contributed by atoms with E-state index >= 15 is 0 Å². The fourth-order valence-corrected chi connectivity index (χ4v) is 3.85. The third-order valence-corrected chi connectivity index (χ3v) is 7.19. The highest BCUT2D eigenvalue weighted by Gasteiger charge is 2.24. The molecule has 0 aromatic heterocycles. The van der Waals surface area contributed by atoms with Crippen LogP contribution in [0.15, 0.2) is 0 Å². The minimum absolute atomic E-state index is 0.0293. The number of thioether (sulfide) groups is 1. The molecule has 1 amide bonds. The van der Waals surface area contributed by atoms with Crippen LogP contribution in [0.2, 0.25) is 0 Å². The molecule has 30 heavy (non-hydrogen) atoms. The van der Waals surface area contributed by atoms with Gasteiger partial charge in [0.15, 0.2) is 0 Å². The average molecular weight is 444 g/mol. The summed E-state index contributed by atoms with van der Waals surface area (Å²) in [4.78, 5) is 23.6. The van der Waals surface area contributed by atoms with Gasteiger partial charge in [0.05, 0.1) is 6.42 Å². The summed E-state index contributed by atoms with van der Waals surface area (Å²) < 4.78 is -0.0293. The normalized spacial score (nSPS) is 12.7. The van der Waals surface area contributed by atoms with Crippen LogP contribution in [-0.4, -0.2) is 34.5 Å². The summed E-state index contributed by atoms with van der Waals surface area (Å²) in [7, 11) is 0. The molecule has 0 fully saturated rings. The van der Waals surface area contributed by atoms with Gasteiger partial charge < -0.3 is 10.4 Å². The van der Waals surface area contributed by atoms with Crippen molar-refractivity contribution in [2.45, 2.75) is 128 Å². The van der Waals surface area contributed by atoms with Gasteiger partial charge in [-0.3, -0.25) is 9.59 Å². The molecule has 1 atom stereocenters. The Kier molecular flexibility index (Phi) is 18.6. The van der Waals surface area contributed by atoms with Crippen molar-refractivity contribution < 1.29 is 14.7 Å². The Morgan fingerprint density at radius 3 is 1.67 bits per heavy atom. The van der Waals surface area contributed by atoms with Gasteiger partial charge in [-0.25, -0.2) is 0 Å². The van der Waals surface area contributed by atoms with Crippen molar-refractivity contribution in [2.24, 2.45) is 5.92 Å². The summed E-state index contributed by atoms with van der Waals surface area (Å²) in [5.41, 5.74) is 0. The van der Waals surface area contributed by atoms with Gasteiger partial charge in [0.2, 0.25) is 5.91 Å². The molecule has 0 aromatic carbocycles. The zero-order valence-electron chi connectivity index (χ0n) is 20.3. The predicted octanol–water partition coefficient (Wildman–Crippen LogP) is 7.21. The second-order valence-corrected chi connectivity index (χ2v) is 10.9. The van der Waals surface area contributed by atoms with Crippen molar-refractivity contribution in [3.63, 3.8) is 0 Å². The molecule has 0 aliphatic heterocycles. The van der Waals surface area contributed by atoms with Gasteiger partial charge in [0.1, 0.15) is 0 Å². The number of carbonyl (C=O) groups is 2. The zero-order valence-corrected chi connectivity index (χ0v) is 21.1. The number of carbonyl (C=O) groups excluding carboxylic acids is 1. The topological polar surface area (TPSA) is 66.4 Å². The van der Waals surface area contributed by atoms with Crippen molar-refractivity contribution in [3.05, 3.63) is 0 Å². The van der Waals surface area contributed by atoms with E-state index in [1.165, 1.54) is 77.0 Å². The second-order valence-electron chi connectivity index (χ2n) is 9.36. The number of hydrogen-bond donors (Lipinski definition) is 2. The van der Waals surface area contributed by atoms with Crippen molar-refractivity contribution in [3.8, 4) is 0 Å². The Labute approximate surface area is 190 Å². The third kappa shape index (κ3) is 18.1. The second kappa shape index (κ2) is 19.0. The number of amides is 1. The van der Waals surface area contributed by atoms with Crippen LogP contribution in [0.4, 0.5) is 0 Å². The largest absolute Gasteiger partial charge is 0.481 e. The maximum atomic E-state index is 12.4. The molecule has 0 heterocycles. The molecule has 0 bridgehead atoms. The van der Waals surface area contributed by atoms with Crippen LogP contribution in [0.5, 0.6) is 0 Å². The van der Waals surface area contributed by atoms with Gasteiger partial charge in [0.25, 0.3) is 0 Å². The van der Waals surface area contributed by atoms with Crippen molar-refractivity contribution in [2.75, 3.05) is 12.8 Å². The van der Waals surface area contributed by atoms with E-state index < -0.39 is 11.9 Å². The summed E-state index contributed by atoms with van der Waals surface area (Å²) in [5, 5.41) is 12.1. The molecule has 0 saturated heterocycles. The molecule has 0 radical (unpaired) electrons. The molecular weight excluding hydrogens is 394 g/mol. The molecule has 0 aromatic rings. The average Bonchev–Trinajstić information content (AvgIpc) is 2.71. The number of carboxylic acids is 1. The number of nitrogens with one attached hydrogen (secondary N) is 1. The highest BCUT2D eigenvalue weighted by molar-refractivity contribution is 7.99. The first-order valence-electron chi connectivity index (χ1n) is 12.4. The number of aliphatic carboxylic acids is 1. The minimum Gasteiger partial charge on any atom is -0.481 e. The smallest absolute Gasteiger partial charge is 0.304 e. The lowest BCUT2D eigenvalue weighted by Crippen LogP contribution is -2.40. The van der Waals surface area contributed by atoms with Crippen LogP contribution in [0, 0.1) is 5.92 Å². The minimum atomic E-state index is -0.885. The summed E-state index contributed by atoms with van der Waals surface area (Å²) in [5.74, 6) is -1.39. The summed E-state index contributed by atoms with van der Waals surface area (Å²) in [6.07, 6.45) is 20.8. The van der Waals surface area contributed by atoms with E-state index in [9.17, 15) is 9.59 Å². The van der Waals surface area contributed by atoms with Gasteiger partial charge in [0, 0.05) is 17.2 Å². The van der Waals surface area contributed by atoms with E-state index in [0.717, 1.165) is 12.8 Å². The number of hydrogen-bond acceptors (Lipinski definition) is 3. The Balaban J connectivity index is 3.77. The molecule has 4 nitrogen and oxygen atoms in total. The first kappa shape index (κ1) is 29.3. The Morgan fingerprint density at radius 2 is 1.27 bits per heavy atom. The number of rotatable bonds is 21. The molecule has 0 saturated carbocycles. The molecule has 0 spiro atoms. The molecule has 0 aliphatic carbocycles. The monoisotopic (exact) mass is 443 g/mol. The number of unbranched alkanes of at least 4 members (excludes halogenated alkanes) is 13. The lowest BCUT2D eigenvalue weighted by molar-refractivity contribution is -0.141. The number of carboxylic acid groups (broad SMARTS) is 1. The molecule has 178 valence electrons. The predicted molar refractivity (Wildman–Crippen MR) is 131 cm³/mol. The maximum absolute atomic E-state index is 12.4. The van der Waals surface area contributed by atoms with Gasteiger partial charge in [-0.15, -0.1) is 0 Å². The maximum Gasteiger partial charge on any atom is 0.304 e. The lowest BCUT2D eigenvalue weighted by Gasteiger charge is -2.24. The van der Waals surface area contributed by atoms with E-state index in [-0.39, 0.29) is 17.1 Å². The highest BCUT2D eigenvalue weighted by atomic mass is 32.2. The molecule has 0 aliphatic rings. The lowest BCUT2D eigenvalue weighted by atomic mass is 9.96. The van der Waals surface area contributed by atoms with Gasteiger partial charge in [-0.2, -0.15) is 11.8 Å². The van der Waals surface area contributed by atoms with E-state index in [0.29, 0.717) is 13.0 Å². The first-order valence-corrected chi connectivity index (χ1v) is 13.6. The van der Waals surface area contributed by atoms with Crippen LogP contribution in [-0.2, 0) is 9.59 Å². The van der Waals surface area contributed by atoms with Gasteiger partial charge >= 0.3 is 5.97 Å². The molecule has 1 unspecified atom stereocenters. The van der Waals surface area contributed by atoms with Crippen molar-refractivity contribution in [1.29, 1.82) is 0 Å². The van der Waals surface area contributed by atoms with Crippen LogP contribution in [0.25, 0.3) is 0 Å². The van der Waals surface area contributed by atoms with E-state index in [1.54, 1.807) is 11.8 Å². The fraction of sp³-hybridized carbons (Fsp3) is 0.920. The van der Waals surface area contributed by atoms with Crippen LogP contribution < -0.4 is 5.32 Å². The highest BCUT2D eigenvalue weighted by Crippen LogP contribution is 2.21. The van der Waals surface area contributed by atoms with E-state index in [4.69, 9.17) is 5.11 Å². The molecule has 5 heteroatoms. The Hall–Kier alpha value is -0.710. The third-order valence-electron chi connectivity index (χ3n) is 5.94. The summed E-state index contributed by atoms with van der Waals surface area (Å²) >= 11 is 1.70. The summed E-state index contributed by atoms with van der Waals surface area (Å²) in [6.45, 7) is 7.00. The van der Waals surface area contributed by atoms with Gasteiger partial charge in [-0.05, 0) is 26.5 Å². The van der Waals surface area contributed by atoms with Crippen LogP contribution in [0.1, 0.15) is 124 Å². The Morgan fingerprint density at radius 1 is 0.833 bits per heavy atom. The van der Waals surface area contributed by atoms with Crippen LogP contribution in [0.3, 0.4) is 0 Å². The fourth-order valence-electron chi connectivity index (χ4n) is 3.64. The molecule has 0 rings (SSSR count). The van der Waals surface area contributed by atoms with E-state index in [2.05, 4.69) is 26.1 Å².